The third kappa shape index (κ3) is 3.97. The molecule has 4 nitrogen and oxygen atoms in total. The van der Waals surface area contributed by atoms with Crippen LogP contribution in [0.4, 0.5) is 0 Å². The Morgan fingerprint density at radius 1 is 1.53 bits per heavy atom. The zero-order chi connectivity index (χ0) is 11.3. The minimum Gasteiger partial charge on any atom is -0.481 e. The molecule has 1 heterocycles. The molecular formula is C11H17N3O. The van der Waals surface area contributed by atoms with E-state index in [2.05, 4.69) is 9.98 Å². The zero-order valence-electron chi connectivity index (χ0n) is 9.40. The average molecular weight is 207 g/mol. The largest absolute Gasteiger partial charge is 0.481 e. The molecule has 1 aromatic heterocycles. The van der Waals surface area contributed by atoms with Gasteiger partial charge in [0.05, 0.1) is 12.9 Å². The lowest BCUT2D eigenvalue weighted by molar-refractivity contribution is 0.397. The van der Waals surface area contributed by atoms with E-state index in [1.165, 1.54) is 0 Å². The minimum atomic E-state index is 0.233. The standard InChI is InChI=1S/C11H17N3O/c1-8(2)14-10(12)6-9-4-5-11(15-3)13-7-9/h4-5,7-8H,6H2,1-3H3,(H2,12,14). The fourth-order valence-electron chi connectivity index (χ4n) is 1.22. The molecule has 0 saturated carbocycles. The van der Waals surface area contributed by atoms with Gasteiger partial charge in [-0.3, -0.25) is 4.99 Å². The van der Waals surface area contributed by atoms with Gasteiger partial charge in [0, 0.05) is 24.7 Å². The van der Waals surface area contributed by atoms with E-state index in [9.17, 15) is 0 Å². The number of nitrogens with zero attached hydrogens (tertiary/aromatic N) is 2. The van der Waals surface area contributed by atoms with Crippen LogP contribution in [0.5, 0.6) is 5.88 Å². The summed E-state index contributed by atoms with van der Waals surface area (Å²) in [6.45, 7) is 4.00. The number of ether oxygens (including phenoxy) is 1. The summed E-state index contributed by atoms with van der Waals surface area (Å²) < 4.78 is 4.97. The molecule has 82 valence electrons. The number of nitrogens with two attached hydrogens (primary N) is 1. The molecule has 0 unspecified atom stereocenters. The monoisotopic (exact) mass is 207 g/mol. The Labute approximate surface area is 90.2 Å². The van der Waals surface area contributed by atoms with Crippen molar-refractivity contribution in [2.24, 2.45) is 10.7 Å². The second-order valence-corrected chi connectivity index (χ2v) is 3.60. The molecule has 0 aliphatic carbocycles. The number of pyridine rings is 1. The number of hydrogen-bond acceptors (Lipinski definition) is 3. The van der Waals surface area contributed by atoms with Gasteiger partial charge >= 0.3 is 0 Å². The number of aliphatic imine (C=N–C) groups is 1. The molecule has 2 N–H and O–H groups in total. The van der Waals surface area contributed by atoms with Gasteiger partial charge in [0.15, 0.2) is 0 Å². The summed E-state index contributed by atoms with van der Waals surface area (Å²) in [6.07, 6.45) is 2.39. The molecule has 0 aromatic carbocycles. The van der Waals surface area contributed by atoms with E-state index in [0.717, 1.165) is 5.56 Å². The molecule has 1 rings (SSSR count). The van der Waals surface area contributed by atoms with Crippen molar-refractivity contribution in [1.82, 2.24) is 4.98 Å². The van der Waals surface area contributed by atoms with Crippen molar-refractivity contribution in [3.8, 4) is 5.88 Å². The van der Waals surface area contributed by atoms with Crippen LogP contribution in [0.25, 0.3) is 0 Å². The van der Waals surface area contributed by atoms with Crippen LogP contribution in [-0.2, 0) is 6.42 Å². The second-order valence-electron chi connectivity index (χ2n) is 3.60. The van der Waals surface area contributed by atoms with Gasteiger partial charge in [-0.25, -0.2) is 4.98 Å². The smallest absolute Gasteiger partial charge is 0.212 e. The Morgan fingerprint density at radius 2 is 2.27 bits per heavy atom. The summed E-state index contributed by atoms with van der Waals surface area (Å²) >= 11 is 0. The fourth-order valence-corrected chi connectivity index (χ4v) is 1.22. The van der Waals surface area contributed by atoms with Gasteiger partial charge in [0.1, 0.15) is 0 Å². The number of aromatic nitrogens is 1. The summed E-state index contributed by atoms with van der Waals surface area (Å²) in [6, 6.07) is 3.99. The molecule has 1 aromatic rings. The van der Waals surface area contributed by atoms with E-state index in [0.29, 0.717) is 18.1 Å². The van der Waals surface area contributed by atoms with Crippen LogP contribution < -0.4 is 10.5 Å². The fraction of sp³-hybridized carbons (Fsp3) is 0.455. The lowest BCUT2D eigenvalue weighted by Gasteiger charge is -2.04. The van der Waals surface area contributed by atoms with Crippen molar-refractivity contribution >= 4 is 5.84 Å². The molecule has 0 aliphatic rings. The Bertz CT molecular complexity index is 330. The summed E-state index contributed by atoms with van der Waals surface area (Å²) in [4.78, 5) is 8.35. The molecule has 0 amide bonds. The Hall–Kier alpha value is -1.58. The van der Waals surface area contributed by atoms with Crippen LogP contribution in [0.3, 0.4) is 0 Å². The molecule has 15 heavy (non-hydrogen) atoms. The number of hydrogen-bond donors (Lipinski definition) is 1. The van der Waals surface area contributed by atoms with Crippen LogP contribution in [0.15, 0.2) is 23.3 Å². The minimum absolute atomic E-state index is 0.233. The number of methoxy groups -OCH3 is 1. The first kappa shape index (κ1) is 11.5. The first-order valence-corrected chi connectivity index (χ1v) is 4.93. The summed E-state index contributed by atoms with van der Waals surface area (Å²) in [5, 5.41) is 0. The van der Waals surface area contributed by atoms with Gasteiger partial charge in [0.2, 0.25) is 5.88 Å². The quantitative estimate of drug-likeness (QED) is 0.599. The molecular weight excluding hydrogens is 190 g/mol. The molecule has 0 aliphatic heterocycles. The lowest BCUT2D eigenvalue weighted by Crippen LogP contribution is -2.17. The van der Waals surface area contributed by atoms with Gasteiger partial charge in [-0.05, 0) is 19.4 Å². The highest BCUT2D eigenvalue weighted by Crippen LogP contribution is 2.07. The molecule has 4 heteroatoms. The Balaban J connectivity index is 2.65. The first-order valence-electron chi connectivity index (χ1n) is 4.93. The highest BCUT2D eigenvalue weighted by atomic mass is 16.5. The Morgan fingerprint density at radius 3 is 2.73 bits per heavy atom. The highest BCUT2D eigenvalue weighted by Gasteiger charge is 1.99. The molecule has 0 fully saturated rings. The normalized spacial score (nSPS) is 11.9. The van der Waals surface area contributed by atoms with Crippen LogP contribution in [-0.4, -0.2) is 24.0 Å². The predicted molar refractivity (Wildman–Crippen MR) is 61.3 cm³/mol. The maximum atomic E-state index is 5.77. The van der Waals surface area contributed by atoms with E-state index < -0.39 is 0 Å². The van der Waals surface area contributed by atoms with Crippen molar-refractivity contribution in [2.75, 3.05) is 7.11 Å². The van der Waals surface area contributed by atoms with Crippen molar-refractivity contribution in [1.29, 1.82) is 0 Å². The Kier molecular flexibility index (Phi) is 4.09. The van der Waals surface area contributed by atoms with Gasteiger partial charge in [-0.2, -0.15) is 0 Å². The topological polar surface area (TPSA) is 60.5 Å². The van der Waals surface area contributed by atoms with E-state index in [1.54, 1.807) is 13.3 Å². The van der Waals surface area contributed by atoms with Crippen molar-refractivity contribution in [3.63, 3.8) is 0 Å². The van der Waals surface area contributed by atoms with Crippen molar-refractivity contribution in [2.45, 2.75) is 26.3 Å². The van der Waals surface area contributed by atoms with Gasteiger partial charge < -0.3 is 10.5 Å². The third-order valence-corrected chi connectivity index (χ3v) is 1.82. The highest BCUT2D eigenvalue weighted by molar-refractivity contribution is 5.82. The van der Waals surface area contributed by atoms with E-state index in [1.807, 2.05) is 26.0 Å². The van der Waals surface area contributed by atoms with Crippen LogP contribution in [0.2, 0.25) is 0 Å². The van der Waals surface area contributed by atoms with Crippen LogP contribution in [0, 0.1) is 0 Å². The van der Waals surface area contributed by atoms with E-state index in [-0.39, 0.29) is 6.04 Å². The van der Waals surface area contributed by atoms with Gasteiger partial charge in [-0.1, -0.05) is 6.07 Å². The molecule has 0 radical (unpaired) electrons. The summed E-state index contributed by atoms with van der Waals surface area (Å²) in [5.74, 6) is 1.25. The molecule has 0 bridgehead atoms. The van der Waals surface area contributed by atoms with Gasteiger partial charge in [0.25, 0.3) is 0 Å². The second kappa shape index (κ2) is 5.34. The predicted octanol–water partition coefficient (Wildman–Crippen LogP) is 1.40. The number of amidine groups is 1. The molecule has 0 atom stereocenters. The summed E-state index contributed by atoms with van der Waals surface area (Å²) in [5.41, 5.74) is 6.81. The van der Waals surface area contributed by atoms with E-state index in [4.69, 9.17) is 10.5 Å². The van der Waals surface area contributed by atoms with Crippen molar-refractivity contribution in [3.05, 3.63) is 23.9 Å². The average Bonchev–Trinajstić information content (AvgIpc) is 2.17. The van der Waals surface area contributed by atoms with Crippen LogP contribution in [0.1, 0.15) is 19.4 Å². The van der Waals surface area contributed by atoms with E-state index >= 15 is 0 Å². The zero-order valence-corrected chi connectivity index (χ0v) is 9.40. The first-order chi connectivity index (χ1) is 7.11. The number of rotatable bonds is 4. The van der Waals surface area contributed by atoms with Crippen LogP contribution >= 0.6 is 0 Å². The SMILES string of the molecule is COc1ccc(CC(N)=NC(C)C)cn1. The van der Waals surface area contributed by atoms with Gasteiger partial charge in [-0.15, -0.1) is 0 Å². The maximum Gasteiger partial charge on any atom is 0.212 e. The third-order valence-electron chi connectivity index (χ3n) is 1.82. The lowest BCUT2D eigenvalue weighted by atomic mass is 10.2. The molecule has 0 saturated heterocycles. The molecule has 0 spiro atoms. The van der Waals surface area contributed by atoms with Crippen molar-refractivity contribution < 1.29 is 4.74 Å². The summed E-state index contributed by atoms with van der Waals surface area (Å²) in [7, 11) is 1.59. The maximum absolute atomic E-state index is 5.77.